The molecule has 174 valence electrons. The van der Waals surface area contributed by atoms with Gasteiger partial charge in [-0.2, -0.15) is 0 Å². The lowest BCUT2D eigenvalue weighted by Crippen LogP contribution is -2.25. The Labute approximate surface area is 190 Å². The molecule has 0 saturated carbocycles. The molecule has 1 amide bonds. The molecule has 3 rings (SSSR count). The quantitative estimate of drug-likeness (QED) is 0.257. The van der Waals surface area contributed by atoms with Crippen molar-refractivity contribution in [1.29, 1.82) is 5.41 Å². The van der Waals surface area contributed by atoms with Crippen molar-refractivity contribution >= 4 is 38.6 Å². The van der Waals surface area contributed by atoms with Crippen LogP contribution in [0, 0.1) is 5.41 Å². The summed E-state index contributed by atoms with van der Waals surface area (Å²) in [6, 6.07) is 12.0. The smallest absolute Gasteiger partial charge is 0.305 e. The lowest BCUT2D eigenvalue weighted by molar-refractivity contribution is -0.136. The van der Waals surface area contributed by atoms with Gasteiger partial charge in [0.25, 0.3) is 5.91 Å². The van der Waals surface area contributed by atoms with Crippen LogP contribution in [0.5, 0.6) is 0 Å². The number of carboxylic acids is 1. The maximum atomic E-state index is 12.4. The second-order valence-corrected chi connectivity index (χ2v) is 9.92. The van der Waals surface area contributed by atoms with Gasteiger partial charge in [-0.25, -0.2) is 13.4 Å². The lowest BCUT2D eigenvalue weighted by Gasteiger charge is -2.10. The molecule has 0 aliphatic rings. The summed E-state index contributed by atoms with van der Waals surface area (Å²) >= 11 is 0. The number of rotatable bonds is 10. The molecule has 10 nitrogen and oxygen atoms in total. The van der Waals surface area contributed by atoms with Crippen LogP contribution in [0.3, 0.4) is 0 Å². The summed E-state index contributed by atoms with van der Waals surface area (Å²) in [6.45, 7) is 0.414. The van der Waals surface area contributed by atoms with Crippen molar-refractivity contribution in [3.63, 3.8) is 0 Å². The third-order valence-corrected chi connectivity index (χ3v) is 6.02. The van der Waals surface area contributed by atoms with Gasteiger partial charge in [-0.15, -0.1) is 0 Å². The number of aryl methyl sites for hydroxylation is 1. The molecule has 11 heteroatoms. The van der Waals surface area contributed by atoms with Crippen LogP contribution in [0.25, 0.3) is 22.4 Å². The highest BCUT2D eigenvalue weighted by molar-refractivity contribution is 7.90. The number of aliphatic carboxylic acids is 1. The van der Waals surface area contributed by atoms with Gasteiger partial charge >= 0.3 is 5.97 Å². The first-order valence-electron chi connectivity index (χ1n) is 10.2. The van der Waals surface area contributed by atoms with Crippen LogP contribution >= 0.6 is 0 Å². The Kier molecular flexibility index (Phi) is 7.12. The highest BCUT2D eigenvalue weighted by Gasteiger charge is 2.16. The monoisotopic (exact) mass is 471 g/mol. The number of fused-ring (bicyclic) bond motifs is 1. The minimum Gasteiger partial charge on any atom is -0.481 e. The second-order valence-electron chi connectivity index (χ2n) is 7.66. The van der Waals surface area contributed by atoms with Crippen LogP contribution in [0.2, 0.25) is 0 Å². The van der Waals surface area contributed by atoms with E-state index in [0.29, 0.717) is 35.4 Å². The zero-order valence-electron chi connectivity index (χ0n) is 18.0. The van der Waals surface area contributed by atoms with Gasteiger partial charge in [0.1, 0.15) is 21.5 Å². The van der Waals surface area contributed by atoms with Crippen LogP contribution in [-0.4, -0.2) is 59.3 Å². The summed E-state index contributed by atoms with van der Waals surface area (Å²) < 4.78 is 25.1. The van der Waals surface area contributed by atoms with Gasteiger partial charge in [-0.1, -0.05) is 24.3 Å². The number of nitrogens with two attached hydrogens (primary N) is 1. The van der Waals surface area contributed by atoms with Gasteiger partial charge in [0.2, 0.25) is 0 Å². The molecule has 33 heavy (non-hydrogen) atoms. The van der Waals surface area contributed by atoms with Crippen LogP contribution in [0.1, 0.15) is 28.8 Å². The standard InChI is InChI=1S/C22H25N5O5S/c1-33(31,32)12-2-11-27-18-8-7-16(22(30)25-10-9-19(28)29)13-17(18)26-21(27)15-5-3-14(4-6-15)20(23)24/h3-8,13H,2,9-12H2,1H3,(H3,23,24)(H,25,30)(H,28,29). The second kappa shape index (κ2) is 9.82. The summed E-state index contributed by atoms with van der Waals surface area (Å²) in [7, 11) is -3.12. The van der Waals surface area contributed by atoms with Crippen molar-refractivity contribution in [2.75, 3.05) is 18.6 Å². The Balaban J connectivity index is 1.97. The molecule has 1 heterocycles. The first kappa shape index (κ1) is 23.9. The maximum Gasteiger partial charge on any atom is 0.305 e. The van der Waals surface area contributed by atoms with Crippen LogP contribution in [-0.2, 0) is 21.2 Å². The number of hydrogen-bond acceptors (Lipinski definition) is 6. The number of aromatic nitrogens is 2. The van der Waals surface area contributed by atoms with Crippen molar-refractivity contribution in [2.45, 2.75) is 19.4 Å². The van der Waals surface area contributed by atoms with E-state index in [4.69, 9.17) is 16.2 Å². The van der Waals surface area contributed by atoms with Gasteiger partial charge < -0.3 is 20.7 Å². The number of carboxylic acid groups (broad SMARTS) is 1. The van der Waals surface area contributed by atoms with E-state index in [-0.39, 0.29) is 24.6 Å². The molecule has 0 bridgehead atoms. The predicted molar refractivity (Wildman–Crippen MR) is 125 cm³/mol. The molecule has 0 aliphatic carbocycles. The minimum absolute atomic E-state index is 0.0138. The van der Waals surface area contributed by atoms with Gasteiger partial charge in [0, 0.05) is 36.0 Å². The number of nitrogen functional groups attached to an aromatic ring is 1. The van der Waals surface area contributed by atoms with Gasteiger partial charge in [-0.3, -0.25) is 15.0 Å². The Bertz CT molecular complexity index is 1310. The van der Waals surface area contributed by atoms with Crippen LogP contribution in [0.15, 0.2) is 42.5 Å². The van der Waals surface area contributed by atoms with Crippen LogP contribution < -0.4 is 11.1 Å². The van der Waals surface area contributed by atoms with E-state index in [9.17, 15) is 18.0 Å². The molecule has 0 spiro atoms. The topological polar surface area (TPSA) is 168 Å². The number of hydrogen-bond donors (Lipinski definition) is 4. The maximum absolute atomic E-state index is 12.4. The van der Waals surface area contributed by atoms with E-state index in [1.165, 1.54) is 6.26 Å². The fraction of sp³-hybridized carbons (Fsp3) is 0.273. The Morgan fingerprint density at radius 2 is 1.82 bits per heavy atom. The fourth-order valence-corrected chi connectivity index (χ4v) is 4.04. The Morgan fingerprint density at radius 1 is 1.15 bits per heavy atom. The van der Waals surface area contributed by atoms with Gasteiger partial charge in [0.15, 0.2) is 0 Å². The van der Waals surface area contributed by atoms with E-state index >= 15 is 0 Å². The summed E-state index contributed by atoms with van der Waals surface area (Å²) in [4.78, 5) is 27.7. The van der Waals surface area contributed by atoms with E-state index < -0.39 is 21.7 Å². The molecule has 3 aromatic rings. The molecule has 5 N–H and O–H groups in total. The molecule has 0 fully saturated rings. The Hall–Kier alpha value is -3.73. The summed E-state index contributed by atoms with van der Waals surface area (Å²) in [5.41, 5.74) is 8.47. The Morgan fingerprint density at radius 3 is 2.42 bits per heavy atom. The van der Waals surface area contributed by atoms with Crippen molar-refractivity contribution < 1.29 is 23.1 Å². The zero-order chi connectivity index (χ0) is 24.2. The van der Waals surface area contributed by atoms with Gasteiger partial charge in [0.05, 0.1) is 23.2 Å². The van der Waals surface area contributed by atoms with Crippen molar-refractivity contribution in [3.8, 4) is 11.4 Å². The van der Waals surface area contributed by atoms with Crippen molar-refractivity contribution in [1.82, 2.24) is 14.9 Å². The van der Waals surface area contributed by atoms with Crippen molar-refractivity contribution in [3.05, 3.63) is 53.6 Å². The van der Waals surface area contributed by atoms with Crippen LogP contribution in [0.4, 0.5) is 0 Å². The SMILES string of the molecule is CS(=O)(=O)CCCn1c(-c2ccc(C(=N)N)cc2)nc2cc(C(=O)NCCC(=O)O)ccc21. The first-order chi connectivity index (χ1) is 15.5. The normalized spacial score (nSPS) is 11.4. The predicted octanol–water partition coefficient (Wildman–Crippen LogP) is 1.63. The summed E-state index contributed by atoms with van der Waals surface area (Å²) in [5.74, 6) is -0.839. The molecule has 0 radical (unpaired) electrons. The molecular weight excluding hydrogens is 446 g/mol. The molecule has 1 aromatic heterocycles. The number of nitrogens with zero attached hydrogens (tertiary/aromatic N) is 2. The van der Waals surface area contributed by atoms with Gasteiger partial charge in [-0.05, 0) is 24.6 Å². The number of carbonyl (C=O) groups excluding carboxylic acids is 1. The van der Waals surface area contributed by atoms with E-state index in [0.717, 1.165) is 11.1 Å². The molecule has 2 aromatic carbocycles. The number of benzene rings is 2. The number of imidazole rings is 1. The minimum atomic E-state index is -3.12. The molecule has 0 aliphatic heterocycles. The number of sulfone groups is 1. The third kappa shape index (κ3) is 6.16. The number of nitrogens with one attached hydrogen (secondary N) is 2. The number of amides is 1. The van der Waals surface area contributed by atoms with Crippen molar-refractivity contribution in [2.24, 2.45) is 5.73 Å². The number of carbonyl (C=O) groups is 2. The average molecular weight is 472 g/mol. The molecule has 0 saturated heterocycles. The lowest BCUT2D eigenvalue weighted by atomic mass is 10.1. The van der Waals surface area contributed by atoms with E-state index in [1.54, 1.807) is 42.5 Å². The third-order valence-electron chi connectivity index (χ3n) is 4.99. The van der Waals surface area contributed by atoms with E-state index in [2.05, 4.69) is 10.3 Å². The number of amidine groups is 1. The zero-order valence-corrected chi connectivity index (χ0v) is 18.9. The molecular formula is C22H25N5O5S. The van der Waals surface area contributed by atoms with E-state index in [1.807, 2.05) is 4.57 Å². The molecule has 0 unspecified atom stereocenters. The molecule has 0 atom stereocenters. The largest absolute Gasteiger partial charge is 0.481 e. The highest BCUT2D eigenvalue weighted by Crippen LogP contribution is 2.26. The fourth-order valence-electron chi connectivity index (χ4n) is 3.39. The highest BCUT2D eigenvalue weighted by atomic mass is 32.2. The average Bonchev–Trinajstić information content (AvgIpc) is 3.10. The summed E-state index contributed by atoms with van der Waals surface area (Å²) in [5, 5.41) is 18.8. The first-order valence-corrected chi connectivity index (χ1v) is 12.2. The summed E-state index contributed by atoms with van der Waals surface area (Å²) in [6.07, 6.45) is 1.40.